The summed E-state index contributed by atoms with van der Waals surface area (Å²) in [4.78, 5) is 9.24. The lowest BCUT2D eigenvalue weighted by atomic mass is 9.82. The molecule has 2 aliphatic carbocycles. The van der Waals surface area contributed by atoms with E-state index in [0.717, 1.165) is 35.8 Å². The Hall–Kier alpha value is -1.32. The molecule has 2 N–H and O–H groups in total. The summed E-state index contributed by atoms with van der Waals surface area (Å²) in [7, 11) is 1.92. The van der Waals surface area contributed by atoms with E-state index in [1.807, 2.05) is 13.1 Å². The minimum atomic E-state index is 0.596. The molecular weight excluding hydrogens is 248 g/mol. The maximum absolute atomic E-state index is 4.68. The molecule has 2 unspecified atom stereocenters. The van der Waals surface area contributed by atoms with Crippen LogP contribution in [0.4, 0.5) is 11.6 Å². The summed E-state index contributed by atoms with van der Waals surface area (Å²) in [5, 5.41) is 6.69. The lowest BCUT2D eigenvalue weighted by Crippen LogP contribution is -2.21. The average Bonchev–Trinajstić information content (AvgIpc) is 3.29. The van der Waals surface area contributed by atoms with Gasteiger partial charge in [0.25, 0.3) is 0 Å². The van der Waals surface area contributed by atoms with Crippen LogP contribution in [0.25, 0.3) is 0 Å². The van der Waals surface area contributed by atoms with Crippen LogP contribution in [-0.2, 0) is 0 Å². The molecule has 0 radical (unpaired) electrons. The molecule has 0 bridgehead atoms. The van der Waals surface area contributed by atoms with E-state index in [1.165, 1.54) is 38.5 Å². The third-order valence-corrected chi connectivity index (χ3v) is 4.56. The van der Waals surface area contributed by atoms with Gasteiger partial charge in [-0.15, -0.1) is 0 Å². The van der Waals surface area contributed by atoms with Crippen molar-refractivity contribution in [1.29, 1.82) is 0 Å². The Kier molecular flexibility index (Phi) is 4.08. The van der Waals surface area contributed by atoms with Crippen LogP contribution < -0.4 is 10.6 Å². The quantitative estimate of drug-likeness (QED) is 0.860. The summed E-state index contributed by atoms with van der Waals surface area (Å²) in [6, 6.07) is 2.03. The Morgan fingerprint density at radius 1 is 1.15 bits per heavy atom. The van der Waals surface area contributed by atoms with Gasteiger partial charge in [0.15, 0.2) is 0 Å². The number of hydrogen-bond acceptors (Lipinski definition) is 4. The molecule has 0 amide bonds. The highest BCUT2D eigenvalue weighted by Gasteiger charge is 2.27. The molecule has 4 heteroatoms. The maximum atomic E-state index is 4.68. The van der Waals surface area contributed by atoms with Crippen molar-refractivity contribution in [2.24, 2.45) is 11.8 Å². The summed E-state index contributed by atoms with van der Waals surface area (Å²) in [5.41, 5.74) is 0. The minimum absolute atomic E-state index is 0.596. The highest BCUT2D eigenvalue weighted by Crippen LogP contribution is 2.39. The van der Waals surface area contributed by atoms with E-state index in [9.17, 15) is 0 Å². The number of hydrogen-bond donors (Lipinski definition) is 2. The molecule has 0 saturated heterocycles. The van der Waals surface area contributed by atoms with Gasteiger partial charge in [0.1, 0.15) is 17.5 Å². The van der Waals surface area contributed by atoms with Crippen LogP contribution in [0.3, 0.4) is 0 Å². The summed E-state index contributed by atoms with van der Waals surface area (Å²) >= 11 is 0. The van der Waals surface area contributed by atoms with E-state index in [0.29, 0.717) is 5.92 Å². The van der Waals surface area contributed by atoms with Crippen LogP contribution in [0.5, 0.6) is 0 Å². The Labute approximate surface area is 121 Å². The molecule has 2 atom stereocenters. The second-order valence-corrected chi connectivity index (χ2v) is 6.54. The van der Waals surface area contributed by atoms with Crippen molar-refractivity contribution in [2.75, 3.05) is 24.2 Å². The number of aromatic nitrogens is 2. The van der Waals surface area contributed by atoms with Gasteiger partial charge >= 0.3 is 0 Å². The maximum Gasteiger partial charge on any atom is 0.136 e. The highest BCUT2D eigenvalue weighted by molar-refractivity contribution is 5.47. The molecule has 0 aromatic carbocycles. The van der Waals surface area contributed by atoms with E-state index < -0.39 is 0 Å². The van der Waals surface area contributed by atoms with Crippen LogP contribution in [0.15, 0.2) is 6.07 Å². The van der Waals surface area contributed by atoms with Crippen molar-refractivity contribution in [1.82, 2.24) is 9.97 Å². The summed E-state index contributed by atoms with van der Waals surface area (Å²) in [5.74, 6) is 5.22. The molecule has 0 aliphatic heterocycles. The minimum Gasteiger partial charge on any atom is -0.373 e. The third kappa shape index (κ3) is 3.41. The molecule has 110 valence electrons. The lowest BCUT2D eigenvalue weighted by molar-refractivity contribution is 0.293. The first-order valence-electron chi connectivity index (χ1n) is 8.05. The molecule has 0 spiro atoms. The molecule has 2 aliphatic rings. The Balaban J connectivity index is 1.62. The zero-order valence-electron chi connectivity index (χ0n) is 12.7. The predicted octanol–water partition coefficient (Wildman–Crippen LogP) is 3.63. The van der Waals surface area contributed by atoms with E-state index in [1.54, 1.807) is 0 Å². The van der Waals surface area contributed by atoms with Gasteiger partial charge in [0.2, 0.25) is 0 Å². The molecule has 1 aromatic heterocycles. The van der Waals surface area contributed by atoms with Crippen molar-refractivity contribution >= 4 is 11.6 Å². The van der Waals surface area contributed by atoms with Gasteiger partial charge in [-0.1, -0.05) is 19.8 Å². The fraction of sp³-hybridized carbons (Fsp3) is 0.750. The van der Waals surface area contributed by atoms with Gasteiger partial charge in [0.05, 0.1) is 0 Å². The molecule has 2 fully saturated rings. The van der Waals surface area contributed by atoms with E-state index in [-0.39, 0.29) is 0 Å². The van der Waals surface area contributed by atoms with Crippen molar-refractivity contribution in [2.45, 2.75) is 51.4 Å². The summed E-state index contributed by atoms with van der Waals surface area (Å²) < 4.78 is 0. The summed E-state index contributed by atoms with van der Waals surface area (Å²) in [6.45, 7) is 3.43. The predicted molar refractivity (Wildman–Crippen MR) is 83.2 cm³/mol. The SMILES string of the molecule is CNc1cc(NCC2CCCC(C)C2)nc(C2CC2)n1. The molecule has 2 saturated carbocycles. The van der Waals surface area contributed by atoms with Crippen LogP contribution in [0, 0.1) is 11.8 Å². The molecule has 3 rings (SSSR count). The molecule has 1 aromatic rings. The first kappa shape index (κ1) is 13.7. The fourth-order valence-corrected chi connectivity index (χ4v) is 3.20. The smallest absolute Gasteiger partial charge is 0.136 e. The molecule has 20 heavy (non-hydrogen) atoms. The second kappa shape index (κ2) is 5.98. The normalized spacial score (nSPS) is 26.3. The van der Waals surface area contributed by atoms with Gasteiger partial charge in [-0.25, -0.2) is 9.97 Å². The summed E-state index contributed by atoms with van der Waals surface area (Å²) in [6.07, 6.45) is 7.98. The number of nitrogens with zero attached hydrogens (tertiary/aromatic N) is 2. The van der Waals surface area contributed by atoms with Crippen molar-refractivity contribution in [3.63, 3.8) is 0 Å². The molecule has 1 heterocycles. The number of anilines is 2. The van der Waals surface area contributed by atoms with Crippen molar-refractivity contribution in [3.05, 3.63) is 11.9 Å². The standard InChI is InChI=1S/C16H26N4/c1-11-4-3-5-12(8-11)10-18-15-9-14(17-2)19-16(20-15)13-6-7-13/h9,11-13H,3-8,10H2,1-2H3,(H2,17,18,19,20). The van der Waals surface area contributed by atoms with Crippen LogP contribution >= 0.6 is 0 Å². The monoisotopic (exact) mass is 274 g/mol. The van der Waals surface area contributed by atoms with E-state index in [2.05, 4.69) is 27.5 Å². The van der Waals surface area contributed by atoms with Crippen molar-refractivity contribution in [3.8, 4) is 0 Å². The van der Waals surface area contributed by atoms with Gasteiger partial charge < -0.3 is 10.6 Å². The second-order valence-electron chi connectivity index (χ2n) is 6.54. The van der Waals surface area contributed by atoms with Crippen LogP contribution in [0.2, 0.25) is 0 Å². The Morgan fingerprint density at radius 2 is 1.95 bits per heavy atom. The lowest BCUT2D eigenvalue weighted by Gasteiger charge is -2.27. The van der Waals surface area contributed by atoms with E-state index >= 15 is 0 Å². The van der Waals surface area contributed by atoms with Crippen molar-refractivity contribution < 1.29 is 0 Å². The third-order valence-electron chi connectivity index (χ3n) is 4.56. The van der Waals surface area contributed by atoms with Crippen LogP contribution in [0.1, 0.15) is 57.2 Å². The van der Waals surface area contributed by atoms with Gasteiger partial charge in [-0.2, -0.15) is 0 Å². The highest BCUT2D eigenvalue weighted by atomic mass is 15.1. The zero-order valence-corrected chi connectivity index (χ0v) is 12.7. The number of rotatable bonds is 5. The Morgan fingerprint density at radius 3 is 2.65 bits per heavy atom. The van der Waals surface area contributed by atoms with Gasteiger partial charge in [-0.05, 0) is 37.5 Å². The molecular formula is C16H26N4. The Bertz CT molecular complexity index is 456. The van der Waals surface area contributed by atoms with E-state index in [4.69, 9.17) is 0 Å². The van der Waals surface area contributed by atoms with Crippen LogP contribution in [-0.4, -0.2) is 23.6 Å². The first-order valence-corrected chi connectivity index (χ1v) is 8.05. The largest absolute Gasteiger partial charge is 0.373 e. The zero-order chi connectivity index (χ0) is 13.9. The van der Waals surface area contributed by atoms with Gasteiger partial charge in [0, 0.05) is 25.6 Å². The molecule has 4 nitrogen and oxygen atoms in total. The average molecular weight is 274 g/mol. The fourth-order valence-electron chi connectivity index (χ4n) is 3.20. The first-order chi connectivity index (χ1) is 9.74. The topological polar surface area (TPSA) is 49.8 Å². The number of nitrogens with one attached hydrogen (secondary N) is 2. The van der Waals surface area contributed by atoms with Gasteiger partial charge in [-0.3, -0.25) is 0 Å².